The molecule has 11 heteroatoms. The van der Waals surface area contributed by atoms with Crippen molar-refractivity contribution in [3.8, 4) is 6.01 Å². The fourth-order valence-electron chi connectivity index (χ4n) is 1.56. The van der Waals surface area contributed by atoms with Gasteiger partial charge in [-0.05, 0) is 12.5 Å². The number of methoxy groups -OCH3 is 1. The number of rotatable bonds is 5. The molecule has 10 nitrogen and oxygen atoms in total. The molecule has 0 spiro atoms. The first-order valence-electron chi connectivity index (χ1n) is 5.58. The number of benzene rings is 1. The van der Waals surface area contributed by atoms with Crippen LogP contribution in [0.4, 0.5) is 11.6 Å². The quantitative estimate of drug-likeness (QED) is 0.615. The normalized spacial score (nSPS) is 11.1. The molecule has 0 bridgehead atoms. The van der Waals surface area contributed by atoms with Gasteiger partial charge in [-0.1, -0.05) is 6.07 Å². The van der Waals surface area contributed by atoms with Crippen LogP contribution in [0.25, 0.3) is 0 Å². The molecule has 0 aliphatic rings. The number of nitro benzene ring substituents is 1. The molecule has 0 fully saturated rings. The van der Waals surface area contributed by atoms with E-state index in [2.05, 4.69) is 19.9 Å². The van der Waals surface area contributed by atoms with Crippen molar-refractivity contribution >= 4 is 21.7 Å². The standard InChI is InChI=1S/C10H11N5O5S/c1-6-3-4-7(15(16)17)5-8(6)21(18,19)14-9-11-10(20-2)13-12-9/h3-5H,1-2H3,(H2,11,12,13,14). The van der Waals surface area contributed by atoms with Gasteiger partial charge in [0.25, 0.3) is 15.7 Å². The number of non-ortho nitro benzene ring substituents is 1. The average Bonchev–Trinajstić information content (AvgIpc) is 2.85. The zero-order chi connectivity index (χ0) is 15.6. The number of sulfonamides is 1. The van der Waals surface area contributed by atoms with Crippen LogP contribution in [0, 0.1) is 17.0 Å². The average molecular weight is 313 g/mol. The van der Waals surface area contributed by atoms with Crippen molar-refractivity contribution in [3.63, 3.8) is 0 Å². The monoisotopic (exact) mass is 313 g/mol. The number of hydrogen-bond donors (Lipinski definition) is 2. The summed E-state index contributed by atoms with van der Waals surface area (Å²) in [5.74, 6) is -0.155. The molecule has 0 unspecified atom stereocenters. The Labute approximate surface area is 119 Å². The molecule has 1 aromatic heterocycles. The number of nitrogens with zero attached hydrogens (tertiary/aromatic N) is 3. The van der Waals surface area contributed by atoms with Crippen molar-refractivity contribution in [1.29, 1.82) is 0 Å². The van der Waals surface area contributed by atoms with Crippen LogP contribution >= 0.6 is 0 Å². The summed E-state index contributed by atoms with van der Waals surface area (Å²) in [5.41, 5.74) is 0.0377. The maximum absolute atomic E-state index is 12.2. The Morgan fingerprint density at radius 1 is 1.43 bits per heavy atom. The van der Waals surface area contributed by atoms with Gasteiger partial charge in [0, 0.05) is 12.1 Å². The number of aryl methyl sites for hydroxylation is 1. The number of anilines is 1. The summed E-state index contributed by atoms with van der Waals surface area (Å²) in [6, 6.07) is 3.52. The lowest BCUT2D eigenvalue weighted by atomic mass is 10.2. The fourth-order valence-corrected chi connectivity index (χ4v) is 2.78. The van der Waals surface area contributed by atoms with Gasteiger partial charge < -0.3 is 4.74 Å². The van der Waals surface area contributed by atoms with Gasteiger partial charge in [0.2, 0.25) is 5.95 Å². The minimum Gasteiger partial charge on any atom is -0.466 e. The van der Waals surface area contributed by atoms with Crippen molar-refractivity contribution in [1.82, 2.24) is 15.2 Å². The lowest BCUT2D eigenvalue weighted by Gasteiger charge is -2.07. The predicted molar refractivity (Wildman–Crippen MR) is 71.6 cm³/mol. The Bertz CT molecular complexity index is 785. The maximum Gasteiger partial charge on any atom is 0.336 e. The third-order valence-corrected chi connectivity index (χ3v) is 4.03. The Morgan fingerprint density at radius 2 is 2.14 bits per heavy atom. The molecule has 0 saturated carbocycles. The van der Waals surface area contributed by atoms with Gasteiger partial charge in [0.1, 0.15) is 0 Å². The molecule has 21 heavy (non-hydrogen) atoms. The van der Waals surface area contributed by atoms with Crippen molar-refractivity contribution in [3.05, 3.63) is 33.9 Å². The summed E-state index contributed by atoms with van der Waals surface area (Å²) in [6.07, 6.45) is 0. The largest absolute Gasteiger partial charge is 0.466 e. The van der Waals surface area contributed by atoms with Gasteiger partial charge in [-0.25, -0.2) is 18.2 Å². The molecule has 2 N–H and O–H groups in total. The topological polar surface area (TPSA) is 140 Å². The second-order valence-electron chi connectivity index (χ2n) is 3.98. The van der Waals surface area contributed by atoms with Crippen molar-refractivity contribution in [2.45, 2.75) is 11.8 Å². The molecule has 0 saturated heterocycles. The summed E-state index contributed by atoms with van der Waals surface area (Å²) < 4.78 is 31.3. The SMILES string of the molecule is COc1n[nH]c(NS(=O)(=O)c2cc([N+](=O)[O-])ccc2C)n1. The van der Waals surface area contributed by atoms with Crippen LogP contribution in [-0.4, -0.2) is 35.6 Å². The van der Waals surface area contributed by atoms with Gasteiger partial charge in [0.05, 0.1) is 16.9 Å². The highest BCUT2D eigenvalue weighted by molar-refractivity contribution is 7.92. The van der Waals surface area contributed by atoms with E-state index in [-0.39, 0.29) is 22.5 Å². The number of aromatic nitrogens is 3. The van der Waals surface area contributed by atoms with Crippen LogP contribution in [0.1, 0.15) is 5.56 Å². The van der Waals surface area contributed by atoms with E-state index >= 15 is 0 Å². The number of hydrogen-bond acceptors (Lipinski definition) is 7. The smallest absolute Gasteiger partial charge is 0.336 e. The summed E-state index contributed by atoms with van der Waals surface area (Å²) >= 11 is 0. The molecule has 112 valence electrons. The van der Waals surface area contributed by atoms with Crippen LogP contribution in [0.15, 0.2) is 23.1 Å². The molecule has 0 aliphatic heterocycles. The third-order valence-electron chi connectivity index (χ3n) is 2.55. The second-order valence-corrected chi connectivity index (χ2v) is 5.63. The van der Waals surface area contributed by atoms with Gasteiger partial charge in [-0.2, -0.15) is 4.98 Å². The molecule has 1 aromatic carbocycles. The number of aromatic amines is 1. The second kappa shape index (κ2) is 5.36. The molecule has 2 aromatic rings. The van der Waals surface area contributed by atoms with Gasteiger partial charge >= 0.3 is 6.01 Å². The van der Waals surface area contributed by atoms with E-state index in [0.717, 1.165) is 6.07 Å². The number of nitrogens with one attached hydrogen (secondary N) is 2. The van der Waals surface area contributed by atoms with Crippen LogP contribution in [0.5, 0.6) is 6.01 Å². The minimum absolute atomic E-state index is 0.0385. The van der Waals surface area contributed by atoms with E-state index in [0.29, 0.717) is 5.56 Å². The van der Waals surface area contributed by atoms with Crippen molar-refractivity contribution in [2.24, 2.45) is 0 Å². The highest BCUT2D eigenvalue weighted by Crippen LogP contribution is 2.23. The Kier molecular flexibility index (Phi) is 3.76. The Balaban J connectivity index is 2.39. The van der Waals surface area contributed by atoms with Crippen LogP contribution in [0.2, 0.25) is 0 Å². The zero-order valence-corrected chi connectivity index (χ0v) is 11.8. The van der Waals surface area contributed by atoms with E-state index < -0.39 is 14.9 Å². The summed E-state index contributed by atoms with van der Waals surface area (Å²) in [7, 11) is -2.71. The van der Waals surface area contributed by atoms with Crippen molar-refractivity contribution < 1.29 is 18.1 Å². The van der Waals surface area contributed by atoms with E-state index in [1.165, 1.54) is 26.2 Å². The Hall–Kier alpha value is -2.69. The first-order valence-corrected chi connectivity index (χ1v) is 7.06. The highest BCUT2D eigenvalue weighted by Gasteiger charge is 2.22. The fraction of sp³-hybridized carbons (Fsp3) is 0.200. The number of H-pyrrole nitrogens is 1. The third kappa shape index (κ3) is 3.08. The first kappa shape index (κ1) is 14.7. The summed E-state index contributed by atoms with van der Waals surface area (Å²) in [4.78, 5) is 13.6. The number of ether oxygens (including phenoxy) is 1. The molecule has 0 radical (unpaired) electrons. The lowest BCUT2D eigenvalue weighted by molar-refractivity contribution is -0.385. The van der Waals surface area contributed by atoms with Crippen molar-refractivity contribution in [2.75, 3.05) is 11.8 Å². The zero-order valence-electron chi connectivity index (χ0n) is 11.0. The van der Waals surface area contributed by atoms with Crippen LogP contribution < -0.4 is 9.46 Å². The molecular formula is C10H11N5O5S. The van der Waals surface area contributed by atoms with Gasteiger partial charge in [-0.3, -0.25) is 10.1 Å². The number of nitro groups is 1. The highest BCUT2D eigenvalue weighted by atomic mass is 32.2. The van der Waals surface area contributed by atoms with Gasteiger partial charge in [0.15, 0.2) is 0 Å². The minimum atomic E-state index is -4.04. The van der Waals surface area contributed by atoms with E-state index in [1.54, 1.807) is 0 Å². The molecule has 1 heterocycles. The van der Waals surface area contributed by atoms with Crippen LogP contribution in [0.3, 0.4) is 0 Å². The van der Waals surface area contributed by atoms with E-state index in [4.69, 9.17) is 4.74 Å². The lowest BCUT2D eigenvalue weighted by Crippen LogP contribution is -2.15. The molecule has 0 aliphatic carbocycles. The van der Waals surface area contributed by atoms with Crippen LogP contribution in [-0.2, 0) is 10.0 Å². The summed E-state index contributed by atoms with van der Waals surface area (Å²) in [5, 5.41) is 16.7. The molecular weight excluding hydrogens is 302 g/mol. The Morgan fingerprint density at radius 3 is 2.71 bits per heavy atom. The summed E-state index contributed by atoms with van der Waals surface area (Å²) in [6.45, 7) is 1.53. The van der Waals surface area contributed by atoms with Gasteiger partial charge in [-0.15, -0.1) is 5.10 Å². The molecule has 2 rings (SSSR count). The molecule has 0 amide bonds. The van der Waals surface area contributed by atoms with E-state index in [9.17, 15) is 18.5 Å². The molecule has 0 atom stereocenters. The first-order chi connectivity index (χ1) is 9.83. The predicted octanol–water partition coefficient (Wildman–Crippen LogP) is 0.831. The van der Waals surface area contributed by atoms with E-state index in [1.807, 2.05) is 0 Å². The maximum atomic E-state index is 12.2.